The first-order valence-corrected chi connectivity index (χ1v) is 17.8. The molecule has 8 rings (SSSR count). The lowest BCUT2D eigenvalue weighted by Gasteiger charge is -2.22. The highest BCUT2D eigenvalue weighted by Gasteiger charge is 2.28. The first kappa shape index (κ1) is 35.3. The van der Waals surface area contributed by atoms with Crippen LogP contribution in [0.3, 0.4) is 0 Å². The third-order valence-corrected chi connectivity index (χ3v) is 9.33. The van der Waals surface area contributed by atoms with Crippen molar-refractivity contribution in [2.24, 2.45) is 0 Å². The monoisotopic (exact) mass is 750 g/mol. The maximum Gasteiger partial charge on any atom is 0.258 e. The molecule has 0 radical (unpaired) electrons. The van der Waals surface area contributed by atoms with Gasteiger partial charge in [0.05, 0.1) is 38.1 Å². The van der Waals surface area contributed by atoms with Gasteiger partial charge < -0.3 is 40.2 Å². The third-order valence-electron chi connectivity index (χ3n) is 8.69. The minimum absolute atomic E-state index is 0.104. The average molecular weight is 752 g/mol. The van der Waals surface area contributed by atoms with Crippen molar-refractivity contribution in [2.75, 3.05) is 74.0 Å². The van der Waals surface area contributed by atoms with E-state index in [0.717, 1.165) is 38.5 Å². The number of halogens is 2. The number of rotatable bonds is 2. The number of nitrogens with zero attached hydrogens (tertiary/aromatic N) is 10. The summed E-state index contributed by atoms with van der Waals surface area (Å²) in [6, 6.07) is 2.52. The lowest BCUT2D eigenvalue weighted by atomic mass is 10.1. The van der Waals surface area contributed by atoms with Crippen molar-refractivity contribution in [2.45, 2.75) is 50.6 Å². The van der Waals surface area contributed by atoms with E-state index in [1.165, 1.54) is 12.4 Å². The van der Waals surface area contributed by atoms with Crippen LogP contribution in [0.4, 0.5) is 40.6 Å². The van der Waals surface area contributed by atoms with E-state index in [2.05, 4.69) is 62.3 Å². The summed E-state index contributed by atoms with van der Waals surface area (Å²) in [5, 5.41) is 32.3. The molecule has 0 unspecified atom stereocenters. The van der Waals surface area contributed by atoms with Crippen molar-refractivity contribution in [3.05, 3.63) is 39.7 Å². The fourth-order valence-electron chi connectivity index (χ4n) is 6.02. The van der Waals surface area contributed by atoms with Crippen molar-refractivity contribution < 1.29 is 18.9 Å². The highest BCUT2D eigenvalue weighted by molar-refractivity contribution is 6.33. The van der Waals surface area contributed by atoms with Gasteiger partial charge in [-0.3, -0.25) is 0 Å². The van der Waals surface area contributed by atoms with E-state index in [-0.39, 0.29) is 12.1 Å². The van der Waals surface area contributed by atoms with Crippen LogP contribution < -0.4 is 30.7 Å². The maximum absolute atomic E-state index is 9.75. The molecule has 4 aromatic rings. The lowest BCUT2D eigenvalue weighted by Crippen LogP contribution is -2.21. The number of hydrogen-bond acceptors (Lipinski definition) is 15. The zero-order valence-corrected chi connectivity index (χ0v) is 29.6. The van der Waals surface area contributed by atoms with Gasteiger partial charge in [-0.2, -0.15) is 10.2 Å². The summed E-state index contributed by atoms with van der Waals surface area (Å²) >= 11 is 12.7. The minimum atomic E-state index is 0.104. The Morgan fingerprint density at radius 1 is 0.769 bits per heavy atom. The van der Waals surface area contributed by atoms with Crippen molar-refractivity contribution in [3.8, 4) is 17.8 Å². The number of fused-ring (bicyclic) bond motifs is 6. The lowest BCUT2D eigenvalue weighted by molar-refractivity contribution is 0.0655. The molecule has 2 saturated heterocycles. The molecule has 4 N–H and O–H groups in total. The zero-order chi connectivity index (χ0) is 35.9. The van der Waals surface area contributed by atoms with Gasteiger partial charge in [-0.25, -0.2) is 29.2 Å². The van der Waals surface area contributed by atoms with E-state index in [9.17, 15) is 5.26 Å². The molecule has 0 amide bonds. The van der Waals surface area contributed by atoms with Gasteiger partial charge in [0.25, 0.3) is 11.8 Å². The Labute approximate surface area is 309 Å². The number of ether oxygens (including phenoxy) is 4. The molecular formula is C32H36Cl2N14O4. The van der Waals surface area contributed by atoms with Crippen LogP contribution >= 0.6 is 23.2 Å². The first-order chi connectivity index (χ1) is 25.5. The molecule has 272 valence electrons. The molecule has 2 fully saturated rings. The number of nitrogens with one attached hydrogen (secondary N) is 4. The van der Waals surface area contributed by atoms with Gasteiger partial charge in [0.2, 0.25) is 17.6 Å². The SMILES string of the molecule is N#Cc1c2c(nn1C1CCOCC1)OCCCNc1nc(ncc1Cl)N2.[C-]#[N+]c1cnc2nc1NCCCOc1nn(C3CCOCC3)c(Cl)c1N2. The minimum Gasteiger partial charge on any atom is -0.475 e. The molecule has 0 aliphatic carbocycles. The summed E-state index contributed by atoms with van der Waals surface area (Å²) in [7, 11) is 0. The zero-order valence-electron chi connectivity index (χ0n) is 28.1. The van der Waals surface area contributed by atoms with Gasteiger partial charge >= 0.3 is 0 Å². The van der Waals surface area contributed by atoms with Crippen molar-refractivity contribution in [1.29, 1.82) is 5.26 Å². The summed E-state index contributed by atoms with van der Waals surface area (Å²) < 4.78 is 26.0. The van der Waals surface area contributed by atoms with Crippen LogP contribution in [0.2, 0.25) is 10.2 Å². The Balaban J connectivity index is 0.000000162. The molecule has 0 atom stereocenters. The Morgan fingerprint density at radius 3 is 1.98 bits per heavy atom. The van der Waals surface area contributed by atoms with E-state index >= 15 is 0 Å². The number of aromatic nitrogens is 8. The van der Waals surface area contributed by atoms with Gasteiger partial charge in [0.15, 0.2) is 16.7 Å². The highest BCUT2D eigenvalue weighted by atomic mass is 35.5. The molecule has 4 bridgehead atoms. The molecule has 4 aliphatic heterocycles. The van der Waals surface area contributed by atoms with Crippen molar-refractivity contribution in [1.82, 2.24) is 39.5 Å². The number of hydrogen-bond donors (Lipinski definition) is 4. The molecule has 8 heterocycles. The standard InChI is InChI=1S/2C16H18ClN7O2/c1-18-11-9-20-16-21-12-13(17)24(10-3-7-25-8-4-10)23-15(12)26-6-2-5-19-14(11)22-16;17-11-9-20-16-21-13-12(8-18)24(10-2-6-25-7-3-10)23-15(13)26-5-1-4-19-14(11)22-16/h9-10H,2-8H2,(H2,19,20,21,22);9-10H,1-7H2,(H2,19,20,21,22). The second-order valence-corrected chi connectivity index (χ2v) is 12.9. The molecule has 4 aromatic heterocycles. The molecule has 20 heteroatoms. The first-order valence-electron chi connectivity index (χ1n) is 17.0. The summed E-state index contributed by atoms with van der Waals surface area (Å²) in [5.74, 6) is 2.52. The van der Waals surface area contributed by atoms with Crippen molar-refractivity contribution >= 4 is 63.8 Å². The summed E-state index contributed by atoms with van der Waals surface area (Å²) in [6.45, 7) is 12.1. The molecule has 18 nitrogen and oxygen atoms in total. The Kier molecular flexibility index (Phi) is 11.2. The summed E-state index contributed by atoms with van der Waals surface area (Å²) in [4.78, 5) is 20.6. The third kappa shape index (κ3) is 7.85. The normalized spacial score (nSPS) is 17.7. The average Bonchev–Trinajstić information content (AvgIpc) is 3.67. The highest BCUT2D eigenvalue weighted by Crippen LogP contribution is 2.39. The number of anilines is 6. The number of nitriles is 1. The van der Waals surface area contributed by atoms with E-state index < -0.39 is 0 Å². The van der Waals surface area contributed by atoms with Crippen LogP contribution in [0.25, 0.3) is 4.85 Å². The molecule has 4 aliphatic rings. The van der Waals surface area contributed by atoms with Crippen LogP contribution in [-0.2, 0) is 9.47 Å². The molecular weight excluding hydrogens is 715 g/mol. The van der Waals surface area contributed by atoms with Crippen LogP contribution in [0, 0.1) is 17.9 Å². The van der Waals surface area contributed by atoms with Crippen LogP contribution in [-0.4, -0.2) is 92.2 Å². The molecule has 0 saturated carbocycles. The molecule has 52 heavy (non-hydrogen) atoms. The van der Waals surface area contributed by atoms with Gasteiger partial charge in [0, 0.05) is 45.7 Å². The van der Waals surface area contributed by atoms with Gasteiger partial charge in [0.1, 0.15) is 28.3 Å². The second kappa shape index (κ2) is 16.5. The van der Waals surface area contributed by atoms with Crippen molar-refractivity contribution in [3.63, 3.8) is 0 Å². The fraction of sp³-hybridized carbons (Fsp3) is 0.500. The second-order valence-electron chi connectivity index (χ2n) is 12.1. The quantitative estimate of drug-likeness (QED) is 0.183. The van der Waals surface area contributed by atoms with E-state index in [1.807, 2.05) is 0 Å². The Morgan fingerprint density at radius 2 is 1.33 bits per heavy atom. The summed E-state index contributed by atoms with van der Waals surface area (Å²) in [6.07, 6.45) is 7.79. The van der Waals surface area contributed by atoms with Gasteiger partial charge in [-0.1, -0.05) is 23.2 Å². The topological polar surface area (TPSA) is 200 Å². The predicted molar refractivity (Wildman–Crippen MR) is 191 cm³/mol. The predicted octanol–water partition coefficient (Wildman–Crippen LogP) is 5.65. The van der Waals surface area contributed by atoms with Gasteiger partial charge in [-0.15, -0.1) is 10.2 Å². The van der Waals surface area contributed by atoms with Crippen LogP contribution in [0.15, 0.2) is 12.4 Å². The van der Waals surface area contributed by atoms with E-state index in [4.69, 9.17) is 48.7 Å². The fourth-order valence-corrected chi connectivity index (χ4v) is 6.48. The molecule has 0 spiro atoms. The van der Waals surface area contributed by atoms with Crippen LogP contribution in [0.1, 0.15) is 56.3 Å². The van der Waals surface area contributed by atoms with Crippen LogP contribution in [0.5, 0.6) is 11.8 Å². The van der Waals surface area contributed by atoms with E-state index in [0.29, 0.717) is 121 Å². The Bertz CT molecular complexity index is 1960. The van der Waals surface area contributed by atoms with Gasteiger partial charge in [-0.05, 0) is 38.5 Å². The smallest absolute Gasteiger partial charge is 0.258 e. The Hall–Kier alpha value is -5.14. The maximum atomic E-state index is 9.75. The molecule has 0 aromatic carbocycles. The summed E-state index contributed by atoms with van der Waals surface area (Å²) in [5.41, 5.74) is 1.80. The largest absolute Gasteiger partial charge is 0.475 e. The van der Waals surface area contributed by atoms with E-state index in [1.54, 1.807) is 9.36 Å².